The van der Waals surface area contributed by atoms with Crippen LogP contribution >= 0.6 is 0 Å². The third kappa shape index (κ3) is 4.46. The number of hydrogen-bond donors (Lipinski definition) is 1. The van der Waals surface area contributed by atoms with Crippen molar-refractivity contribution in [2.24, 2.45) is 0 Å². The Morgan fingerprint density at radius 1 is 1.00 bits per heavy atom. The molecule has 0 saturated carbocycles. The van der Waals surface area contributed by atoms with Gasteiger partial charge < -0.3 is 14.8 Å². The summed E-state index contributed by atoms with van der Waals surface area (Å²) in [6.45, 7) is 4.78. The van der Waals surface area contributed by atoms with Crippen molar-refractivity contribution in [1.82, 2.24) is 19.8 Å². The van der Waals surface area contributed by atoms with E-state index in [1.54, 1.807) is 12.4 Å². The Kier molecular flexibility index (Phi) is 6.04. The summed E-state index contributed by atoms with van der Waals surface area (Å²) < 4.78 is 13.5. The average Bonchev–Trinajstić information content (AvgIpc) is 3.25. The highest BCUT2D eigenvalue weighted by Crippen LogP contribution is 2.37. The number of carbonyl (C=O) groups excluding carboxylic acids is 1. The van der Waals surface area contributed by atoms with E-state index >= 15 is 0 Å². The highest BCUT2D eigenvalue weighted by molar-refractivity contribution is 5.82. The number of hydrogen-bond acceptors (Lipinski definition) is 3. The fourth-order valence-electron chi connectivity index (χ4n) is 4.76. The molecule has 2 aliphatic heterocycles. The third-order valence-corrected chi connectivity index (χ3v) is 6.84. The zero-order valence-electron chi connectivity index (χ0n) is 18.3. The molecule has 2 aliphatic rings. The number of rotatable bonds is 6. The van der Waals surface area contributed by atoms with Gasteiger partial charge in [0.1, 0.15) is 5.82 Å². The number of benzene rings is 1. The quantitative estimate of drug-likeness (QED) is 0.615. The fourth-order valence-corrected chi connectivity index (χ4v) is 4.76. The average molecular weight is 433 g/mol. The summed E-state index contributed by atoms with van der Waals surface area (Å²) in [4.78, 5) is 24.7. The first kappa shape index (κ1) is 20.9. The van der Waals surface area contributed by atoms with Crippen LogP contribution in [0.3, 0.4) is 0 Å². The molecule has 2 saturated heterocycles. The van der Waals surface area contributed by atoms with Gasteiger partial charge in [-0.05, 0) is 85.9 Å². The number of carbonyl (C=O) groups is 1. The van der Waals surface area contributed by atoms with Crippen LogP contribution in [0.2, 0.25) is 0 Å². The molecule has 2 aromatic heterocycles. The van der Waals surface area contributed by atoms with Crippen LogP contribution in [0.15, 0.2) is 54.9 Å². The van der Waals surface area contributed by atoms with Crippen LogP contribution in [-0.4, -0.2) is 58.4 Å². The van der Waals surface area contributed by atoms with Gasteiger partial charge in [0, 0.05) is 55.6 Å². The van der Waals surface area contributed by atoms with Crippen molar-refractivity contribution in [3.05, 3.63) is 66.4 Å². The lowest BCUT2D eigenvalue weighted by molar-refractivity contribution is -0.132. The second kappa shape index (κ2) is 9.25. The summed E-state index contributed by atoms with van der Waals surface area (Å²) in [5, 5.41) is 0. The van der Waals surface area contributed by atoms with Crippen LogP contribution < -0.4 is 0 Å². The molecule has 3 aromatic rings. The number of pyridine rings is 1. The van der Waals surface area contributed by atoms with Crippen LogP contribution in [0.25, 0.3) is 22.4 Å². The van der Waals surface area contributed by atoms with Gasteiger partial charge in [-0.3, -0.25) is 9.78 Å². The Balaban J connectivity index is 1.32. The third-order valence-electron chi connectivity index (χ3n) is 6.84. The predicted octanol–water partition coefficient (Wildman–Crippen LogP) is 4.68. The Hall–Kier alpha value is -2.99. The highest BCUT2D eigenvalue weighted by Gasteiger charge is 2.26. The van der Waals surface area contributed by atoms with Crippen LogP contribution in [0.5, 0.6) is 0 Å². The van der Waals surface area contributed by atoms with Crippen LogP contribution in [0.4, 0.5) is 4.39 Å². The number of aromatic nitrogens is 2. The molecular weight excluding hydrogens is 403 g/mol. The molecule has 0 radical (unpaired) electrons. The summed E-state index contributed by atoms with van der Waals surface area (Å²) in [5.74, 6) is 0.424. The van der Waals surface area contributed by atoms with Gasteiger partial charge in [-0.2, -0.15) is 0 Å². The van der Waals surface area contributed by atoms with Crippen molar-refractivity contribution in [2.75, 3.05) is 32.7 Å². The van der Waals surface area contributed by atoms with E-state index in [-0.39, 0.29) is 11.7 Å². The van der Waals surface area contributed by atoms with Gasteiger partial charge in [0.15, 0.2) is 0 Å². The van der Waals surface area contributed by atoms with E-state index in [1.807, 2.05) is 29.2 Å². The first-order valence-electron chi connectivity index (χ1n) is 11.6. The predicted molar refractivity (Wildman–Crippen MR) is 124 cm³/mol. The van der Waals surface area contributed by atoms with Crippen molar-refractivity contribution in [3.63, 3.8) is 0 Å². The second-order valence-electron chi connectivity index (χ2n) is 8.86. The van der Waals surface area contributed by atoms with E-state index in [2.05, 4.69) is 20.9 Å². The zero-order valence-corrected chi connectivity index (χ0v) is 18.3. The smallest absolute Gasteiger partial charge is 0.223 e. The summed E-state index contributed by atoms with van der Waals surface area (Å²) in [6.07, 6.45) is 7.38. The lowest BCUT2D eigenvalue weighted by atomic mass is 9.92. The Morgan fingerprint density at radius 3 is 2.38 bits per heavy atom. The topological polar surface area (TPSA) is 52.2 Å². The van der Waals surface area contributed by atoms with Gasteiger partial charge in [-0.15, -0.1) is 0 Å². The van der Waals surface area contributed by atoms with Gasteiger partial charge in [0.2, 0.25) is 5.91 Å². The van der Waals surface area contributed by atoms with E-state index < -0.39 is 0 Å². The van der Waals surface area contributed by atoms with Gasteiger partial charge in [-0.1, -0.05) is 0 Å². The van der Waals surface area contributed by atoms with Gasteiger partial charge in [0.05, 0.1) is 5.69 Å². The molecule has 0 spiro atoms. The van der Waals surface area contributed by atoms with E-state index in [0.717, 1.165) is 67.9 Å². The molecule has 4 heterocycles. The van der Waals surface area contributed by atoms with Gasteiger partial charge >= 0.3 is 0 Å². The summed E-state index contributed by atoms with van der Waals surface area (Å²) in [5.41, 5.74) is 5.33. The second-order valence-corrected chi connectivity index (χ2v) is 8.86. The standard InChI is InChI=1S/C26H29FN4O/c27-22-4-2-21(3-5-22)26-23(19-6-11-28-12-7-19)18-24(29-26)20-8-16-31(17-9-20)25(32)10-15-30-13-1-14-30/h2-7,11-12,18,20,29H,1,8-10,13-17H2. The van der Waals surface area contributed by atoms with Crippen molar-refractivity contribution >= 4 is 5.91 Å². The normalized spacial score (nSPS) is 17.3. The largest absolute Gasteiger partial charge is 0.358 e. The number of aromatic amines is 1. The maximum absolute atomic E-state index is 13.5. The molecule has 5 rings (SSSR count). The number of amides is 1. The molecule has 166 valence electrons. The monoisotopic (exact) mass is 432 g/mol. The Bertz CT molecular complexity index is 1050. The molecule has 1 aromatic carbocycles. The lowest BCUT2D eigenvalue weighted by Gasteiger charge is -2.34. The Morgan fingerprint density at radius 2 is 1.72 bits per heavy atom. The molecule has 32 heavy (non-hydrogen) atoms. The number of nitrogens with one attached hydrogen (secondary N) is 1. The number of halogens is 1. The molecule has 2 fully saturated rings. The highest BCUT2D eigenvalue weighted by atomic mass is 19.1. The van der Waals surface area contributed by atoms with Crippen LogP contribution in [0.1, 0.15) is 37.3 Å². The first-order chi connectivity index (χ1) is 15.7. The van der Waals surface area contributed by atoms with Crippen molar-refractivity contribution in [1.29, 1.82) is 0 Å². The molecule has 0 unspecified atom stereocenters. The number of likely N-dealkylation sites (tertiary alicyclic amines) is 2. The summed E-state index contributed by atoms with van der Waals surface area (Å²) >= 11 is 0. The lowest BCUT2D eigenvalue weighted by Crippen LogP contribution is -2.42. The van der Waals surface area contributed by atoms with Crippen molar-refractivity contribution in [3.8, 4) is 22.4 Å². The molecule has 0 aliphatic carbocycles. The minimum atomic E-state index is -0.239. The van der Waals surface area contributed by atoms with Gasteiger partial charge in [-0.25, -0.2) is 4.39 Å². The maximum atomic E-state index is 13.5. The van der Waals surface area contributed by atoms with E-state index in [9.17, 15) is 9.18 Å². The van der Waals surface area contributed by atoms with Gasteiger partial charge in [0.25, 0.3) is 0 Å². The Labute approximate surface area is 188 Å². The SMILES string of the molecule is O=C(CCN1CCC1)N1CCC(c2cc(-c3ccncc3)c(-c3ccc(F)cc3)[nH]2)CC1. The summed E-state index contributed by atoms with van der Waals surface area (Å²) in [7, 11) is 0. The molecule has 0 atom stereocenters. The number of nitrogens with zero attached hydrogens (tertiary/aromatic N) is 3. The number of piperidine rings is 1. The minimum absolute atomic E-state index is 0.239. The minimum Gasteiger partial charge on any atom is -0.358 e. The van der Waals surface area contributed by atoms with E-state index in [4.69, 9.17) is 0 Å². The fraction of sp³-hybridized carbons (Fsp3) is 0.385. The first-order valence-corrected chi connectivity index (χ1v) is 11.6. The van der Waals surface area contributed by atoms with E-state index in [1.165, 1.54) is 24.2 Å². The molecule has 0 bridgehead atoms. The molecule has 6 heteroatoms. The van der Waals surface area contributed by atoms with Crippen molar-refractivity contribution < 1.29 is 9.18 Å². The maximum Gasteiger partial charge on any atom is 0.223 e. The number of H-pyrrole nitrogens is 1. The molecule has 5 nitrogen and oxygen atoms in total. The molecule has 1 amide bonds. The van der Waals surface area contributed by atoms with E-state index in [0.29, 0.717) is 12.3 Å². The van der Waals surface area contributed by atoms with Crippen LogP contribution in [0, 0.1) is 5.82 Å². The van der Waals surface area contributed by atoms with Crippen molar-refractivity contribution in [2.45, 2.75) is 31.6 Å². The summed E-state index contributed by atoms with van der Waals surface area (Å²) in [6, 6.07) is 12.8. The molecule has 1 N–H and O–H groups in total. The zero-order chi connectivity index (χ0) is 21.9. The molecular formula is C26H29FN4O. The van der Waals surface area contributed by atoms with Crippen LogP contribution in [-0.2, 0) is 4.79 Å².